The molecule has 1 aromatic rings. The summed E-state index contributed by atoms with van der Waals surface area (Å²) in [6.07, 6.45) is 0.795. The number of nitriles is 1. The van der Waals surface area contributed by atoms with E-state index in [-0.39, 0.29) is 12.5 Å². The molecule has 0 heterocycles. The fourth-order valence-electron chi connectivity index (χ4n) is 2.03. The Labute approximate surface area is 83.8 Å². The predicted molar refractivity (Wildman–Crippen MR) is 53.7 cm³/mol. The van der Waals surface area contributed by atoms with E-state index in [0.29, 0.717) is 0 Å². The monoisotopic (exact) mass is 187 g/mol. The van der Waals surface area contributed by atoms with Crippen LogP contribution in [-0.2, 0) is 5.41 Å². The Morgan fingerprint density at radius 1 is 1.64 bits per heavy atom. The lowest BCUT2D eigenvalue weighted by Gasteiger charge is -2.08. The van der Waals surface area contributed by atoms with Gasteiger partial charge in [-0.05, 0) is 18.9 Å². The molecular formula is C12H13NO. The summed E-state index contributed by atoms with van der Waals surface area (Å²) in [5, 5.41) is 18.2. The number of benzene rings is 1. The zero-order chi connectivity index (χ0) is 10.2. The van der Waals surface area contributed by atoms with Crippen LogP contribution < -0.4 is 0 Å². The van der Waals surface area contributed by atoms with Crippen LogP contribution in [0.5, 0.6) is 0 Å². The lowest BCUT2D eigenvalue weighted by molar-refractivity contribution is 0.269. The summed E-state index contributed by atoms with van der Waals surface area (Å²) in [6.45, 7) is 2.13. The van der Waals surface area contributed by atoms with E-state index in [2.05, 4.69) is 6.07 Å². The second-order valence-electron chi connectivity index (χ2n) is 4.04. The molecule has 2 heteroatoms. The molecule has 0 spiro atoms. The van der Waals surface area contributed by atoms with Gasteiger partial charge < -0.3 is 5.11 Å². The minimum Gasteiger partial charge on any atom is -0.396 e. The average molecular weight is 187 g/mol. The predicted octanol–water partition coefficient (Wildman–Crippen LogP) is 1.77. The van der Waals surface area contributed by atoms with Crippen LogP contribution in [0, 0.1) is 24.2 Å². The summed E-state index contributed by atoms with van der Waals surface area (Å²) in [4.78, 5) is 0. The van der Waals surface area contributed by atoms with E-state index in [0.717, 1.165) is 12.0 Å². The first-order valence-electron chi connectivity index (χ1n) is 4.82. The number of hydrogen-bond acceptors (Lipinski definition) is 2. The largest absolute Gasteiger partial charge is 0.396 e. The van der Waals surface area contributed by atoms with Crippen LogP contribution in [0.2, 0.25) is 0 Å². The third-order valence-electron chi connectivity index (χ3n) is 3.06. The third-order valence-corrected chi connectivity index (χ3v) is 3.06. The molecule has 0 radical (unpaired) electrons. The van der Waals surface area contributed by atoms with Gasteiger partial charge in [0.1, 0.15) is 0 Å². The molecule has 2 atom stereocenters. The molecule has 1 aromatic carbocycles. The highest BCUT2D eigenvalue weighted by molar-refractivity contribution is 5.42. The zero-order valence-corrected chi connectivity index (χ0v) is 8.20. The molecule has 2 nitrogen and oxygen atoms in total. The second-order valence-corrected chi connectivity index (χ2v) is 4.04. The van der Waals surface area contributed by atoms with Gasteiger partial charge in [0, 0.05) is 12.5 Å². The maximum absolute atomic E-state index is 9.14. The molecule has 0 bridgehead atoms. The number of hydrogen-bond donors (Lipinski definition) is 1. The van der Waals surface area contributed by atoms with E-state index < -0.39 is 5.41 Å². The highest BCUT2D eigenvalue weighted by Crippen LogP contribution is 2.53. The van der Waals surface area contributed by atoms with E-state index in [1.807, 2.05) is 31.2 Å². The summed E-state index contributed by atoms with van der Waals surface area (Å²) in [7, 11) is 0. The van der Waals surface area contributed by atoms with Crippen molar-refractivity contribution in [1.82, 2.24) is 0 Å². The van der Waals surface area contributed by atoms with Gasteiger partial charge in [-0.2, -0.15) is 5.26 Å². The first kappa shape index (κ1) is 9.23. The van der Waals surface area contributed by atoms with Gasteiger partial charge in [-0.15, -0.1) is 0 Å². The summed E-state index contributed by atoms with van der Waals surface area (Å²) < 4.78 is 0. The molecule has 2 rings (SSSR count). The number of aryl methyl sites for hydroxylation is 1. The van der Waals surface area contributed by atoms with Crippen LogP contribution in [-0.4, -0.2) is 11.7 Å². The molecule has 0 saturated heterocycles. The minimum absolute atomic E-state index is 0.113. The van der Waals surface area contributed by atoms with Gasteiger partial charge >= 0.3 is 0 Å². The van der Waals surface area contributed by atoms with Gasteiger partial charge in [-0.3, -0.25) is 0 Å². The van der Waals surface area contributed by atoms with Crippen LogP contribution in [0.3, 0.4) is 0 Å². The molecule has 1 fully saturated rings. The van der Waals surface area contributed by atoms with Gasteiger partial charge in [-0.25, -0.2) is 0 Å². The zero-order valence-electron chi connectivity index (χ0n) is 8.20. The SMILES string of the molecule is Cc1cccc([C@@]2(C#N)C[C@@H]2CO)c1. The van der Waals surface area contributed by atoms with Crippen molar-refractivity contribution < 1.29 is 5.11 Å². The third kappa shape index (κ3) is 1.21. The summed E-state index contributed by atoms with van der Waals surface area (Å²) in [6, 6.07) is 10.3. The Hall–Kier alpha value is -1.33. The maximum Gasteiger partial charge on any atom is 0.0877 e. The molecule has 1 aliphatic rings. The van der Waals surface area contributed by atoms with Crippen molar-refractivity contribution >= 4 is 0 Å². The Morgan fingerprint density at radius 2 is 2.43 bits per heavy atom. The van der Waals surface area contributed by atoms with Crippen molar-refractivity contribution in [2.24, 2.45) is 5.92 Å². The summed E-state index contributed by atoms with van der Waals surface area (Å²) in [5.41, 5.74) is 1.82. The van der Waals surface area contributed by atoms with Gasteiger partial charge in [0.05, 0.1) is 11.5 Å². The van der Waals surface area contributed by atoms with E-state index in [4.69, 9.17) is 10.4 Å². The fourth-order valence-corrected chi connectivity index (χ4v) is 2.03. The molecule has 0 aromatic heterocycles. The van der Waals surface area contributed by atoms with E-state index in [1.54, 1.807) is 0 Å². The molecule has 0 amide bonds. The summed E-state index contributed by atoms with van der Waals surface area (Å²) in [5.74, 6) is 0.134. The lowest BCUT2D eigenvalue weighted by atomic mass is 9.94. The van der Waals surface area contributed by atoms with Crippen LogP contribution in [0.25, 0.3) is 0 Å². The Kier molecular flexibility index (Phi) is 2.05. The lowest BCUT2D eigenvalue weighted by Crippen LogP contribution is -2.09. The van der Waals surface area contributed by atoms with Crippen LogP contribution in [0.1, 0.15) is 17.5 Å². The molecule has 72 valence electrons. The smallest absolute Gasteiger partial charge is 0.0877 e. The van der Waals surface area contributed by atoms with Gasteiger partial charge in [-0.1, -0.05) is 29.8 Å². The van der Waals surface area contributed by atoms with Gasteiger partial charge in [0.15, 0.2) is 0 Å². The van der Waals surface area contributed by atoms with E-state index >= 15 is 0 Å². The molecular weight excluding hydrogens is 174 g/mol. The molecule has 0 aliphatic heterocycles. The second kappa shape index (κ2) is 3.11. The quantitative estimate of drug-likeness (QED) is 0.766. The Morgan fingerprint density at radius 3 is 2.93 bits per heavy atom. The van der Waals surface area contributed by atoms with Crippen molar-refractivity contribution in [3.05, 3.63) is 35.4 Å². The Bertz CT molecular complexity index is 394. The first-order chi connectivity index (χ1) is 6.73. The number of nitrogens with zero attached hydrogens (tertiary/aromatic N) is 1. The van der Waals surface area contributed by atoms with Crippen LogP contribution >= 0.6 is 0 Å². The van der Waals surface area contributed by atoms with E-state index in [1.165, 1.54) is 5.56 Å². The number of rotatable bonds is 2. The standard InChI is InChI=1S/C12H13NO/c1-9-3-2-4-10(5-9)12(8-13)6-11(12)7-14/h2-5,11,14H,6-7H2,1H3/t11-,12+/m1/s1. The average Bonchev–Trinajstić information content (AvgIpc) is 2.93. The number of aliphatic hydroxyl groups is 1. The molecule has 0 unspecified atom stereocenters. The van der Waals surface area contributed by atoms with Gasteiger partial charge in [0.2, 0.25) is 0 Å². The van der Waals surface area contributed by atoms with E-state index in [9.17, 15) is 0 Å². The number of aliphatic hydroxyl groups excluding tert-OH is 1. The van der Waals surface area contributed by atoms with Crippen molar-refractivity contribution in [3.8, 4) is 6.07 Å². The Balaban J connectivity index is 2.36. The maximum atomic E-state index is 9.14. The molecule has 1 saturated carbocycles. The van der Waals surface area contributed by atoms with Crippen molar-refractivity contribution in [1.29, 1.82) is 5.26 Å². The molecule has 1 N–H and O–H groups in total. The first-order valence-corrected chi connectivity index (χ1v) is 4.82. The minimum atomic E-state index is -0.402. The van der Waals surface area contributed by atoms with Crippen LogP contribution in [0.15, 0.2) is 24.3 Å². The van der Waals surface area contributed by atoms with Gasteiger partial charge in [0.25, 0.3) is 0 Å². The molecule has 1 aliphatic carbocycles. The van der Waals surface area contributed by atoms with Crippen molar-refractivity contribution in [2.45, 2.75) is 18.8 Å². The normalized spacial score (nSPS) is 29.6. The van der Waals surface area contributed by atoms with Crippen molar-refractivity contribution in [3.63, 3.8) is 0 Å². The topological polar surface area (TPSA) is 44.0 Å². The van der Waals surface area contributed by atoms with Crippen LogP contribution in [0.4, 0.5) is 0 Å². The highest BCUT2D eigenvalue weighted by Gasteiger charge is 2.55. The summed E-state index contributed by atoms with van der Waals surface area (Å²) >= 11 is 0. The highest BCUT2D eigenvalue weighted by atomic mass is 16.3. The molecule has 14 heavy (non-hydrogen) atoms. The van der Waals surface area contributed by atoms with Crippen molar-refractivity contribution in [2.75, 3.05) is 6.61 Å². The fraction of sp³-hybridized carbons (Fsp3) is 0.417.